The first kappa shape index (κ1) is 17.4. The molecule has 2 heterocycles. The van der Waals surface area contributed by atoms with Crippen LogP contribution in [-0.4, -0.2) is 44.7 Å². The van der Waals surface area contributed by atoms with Crippen molar-refractivity contribution in [3.8, 4) is 0 Å². The lowest BCUT2D eigenvalue weighted by Crippen LogP contribution is -2.37. The molecule has 0 saturated carbocycles. The van der Waals surface area contributed by atoms with E-state index in [2.05, 4.69) is 44.6 Å². The van der Waals surface area contributed by atoms with E-state index >= 15 is 0 Å². The Morgan fingerprint density at radius 3 is 2.56 bits per heavy atom. The van der Waals surface area contributed by atoms with Gasteiger partial charge in [0.1, 0.15) is 12.7 Å². The minimum atomic E-state index is -0.00568. The maximum atomic E-state index is 12.5. The topological polar surface area (TPSA) is 63.1 Å². The quantitative estimate of drug-likeness (QED) is 0.732. The lowest BCUT2D eigenvalue weighted by atomic mass is 10.1. The average molecular weight is 361 g/mol. The summed E-state index contributed by atoms with van der Waals surface area (Å²) in [5.41, 5.74) is 3.10. The zero-order valence-electron chi connectivity index (χ0n) is 15.2. The fraction of sp³-hybridized carbons (Fsp3) is 0.286. The third-order valence-corrected chi connectivity index (χ3v) is 4.88. The Kier molecular flexibility index (Phi) is 5.25. The molecule has 27 heavy (non-hydrogen) atoms. The Morgan fingerprint density at radius 2 is 1.81 bits per heavy atom. The summed E-state index contributed by atoms with van der Waals surface area (Å²) in [7, 11) is 0. The summed E-state index contributed by atoms with van der Waals surface area (Å²) in [5.74, 6) is -0.00568. The van der Waals surface area contributed by atoms with Crippen LogP contribution in [0.2, 0.25) is 0 Å². The summed E-state index contributed by atoms with van der Waals surface area (Å²) in [6.07, 6.45) is 4.19. The van der Waals surface area contributed by atoms with Gasteiger partial charge < -0.3 is 5.32 Å². The van der Waals surface area contributed by atoms with Crippen molar-refractivity contribution in [2.75, 3.05) is 13.1 Å². The predicted octanol–water partition coefficient (Wildman–Crippen LogP) is 2.33. The fourth-order valence-electron chi connectivity index (χ4n) is 3.47. The largest absolute Gasteiger partial charge is 0.348 e. The van der Waals surface area contributed by atoms with E-state index in [1.54, 1.807) is 11.0 Å². The molecule has 1 saturated heterocycles. The van der Waals surface area contributed by atoms with Crippen LogP contribution >= 0.6 is 0 Å². The van der Waals surface area contributed by atoms with Gasteiger partial charge in [0.25, 0.3) is 5.91 Å². The molecule has 0 spiro atoms. The number of carbonyl (C=O) groups excluding carboxylic acids is 1. The van der Waals surface area contributed by atoms with Crippen molar-refractivity contribution in [1.29, 1.82) is 0 Å². The number of hydrogen-bond acceptors (Lipinski definition) is 4. The van der Waals surface area contributed by atoms with Gasteiger partial charge in [-0.15, -0.1) is 0 Å². The van der Waals surface area contributed by atoms with E-state index in [1.165, 1.54) is 11.9 Å². The van der Waals surface area contributed by atoms with Crippen LogP contribution in [0.25, 0.3) is 0 Å². The molecular formula is C21H23N5O. The number of benzene rings is 2. The molecule has 1 fully saturated rings. The highest BCUT2D eigenvalue weighted by Gasteiger charge is 2.24. The molecule has 1 aliphatic rings. The van der Waals surface area contributed by atoms with Crippen molar-refractivity contribution in [2.45, 2.75) is 25.6 Å². The molecule has 6 nitrogen and oxygen atoms in total. The van der Waals surface area contributed by atoms with E-state index in [9.17, 15) is 4.79 Å². The number of carbonyl (C=O) groups is 1. The highest BCUT2D eigenvalue weighted by Crippen LogP contribution is 2.14. The molecule has 1 N–H and O–H groups in total. The van der Waals surface area contributed by atoms with Gasteiger partial charge in [0.15, 0.2) is 0 Å². The Morgan fingerprint density at radius 1 is 1.04 bits per heavy atom. The Balaban J connectivity index is 1.29. The van der Waals surface area contributed by atoms with Crippen molar-refractivity contribution >= 4 is 5.91 Å². The van der Waals surface area contributed by atoms with Gasteiger partial charge in [-0.1, -0.05) is 42.5 Å². The second-order valence-corrected chi connectivity index (χ2v) is 6.97. The van der Waals surface area contributed by atoms with Crippen LogP contribution in [0.5, 0.6) is 0 Å². The fourth-order valence-corrected chi connectivity index (χ4v) is 3.47. The molecule has 0 radical (unpaired) electrons. The van der Waals surface area contributed by atoms with Crippen LogP contribution in [-0.2, 0) is 13.1 Å². The number of aromatic nitrogens is 3. The minimum absolute atomic E-state index is 0.00568. The Hall–Kier alpha value is -2.99. The molecule has 0 aliphatic carbocycles. The number of amides is 1. The summed E-state index contributed by atoms with van der Waals surface area (Å²) in [6, 6.07) is 18.3. The van der Waals surface area contributed by atoms with Crippen LogP contribution in [0.4, 0.5) is 0 Å². The zero-order chi connectivity index (χ0) is 18.5. The van der Waals surface area contributed by atoms with Gasteiger partial charge in [-0.3, -0.25) is 9.69 Å². The molecular weight excluding hydrogens is 338 g/mol. The van der Waals surface area contributed by atoms with Crippen LogP contribution in [0, 0.1) is 0 Å². The summed E-state index contributed by atoms with van der Waals surface area (Å²) in [5, 5.41) is 7.26. The maximum Gasteiger partial charge on any atom is 0.251 e. The van der Waals surface area contributed by atoms with Gasteiger partial charge in [0.05, 0.1) is 6.54 Å². The van der Waals surface area contributed by atoms with E-state index in [-0.39, 0.29) is 11.9 Å². The van der Waals surface area contributed by atoms with Crippen LogP contribution < -0.4 is 5.32 Å². The minimum Gasteiger partial charge on any atom is -0.348 e. The molecule has 1 amide bonds. The summed E-state index contributed by atoms with van der Waals surface area (Å²) in [4.78, 5) is 18.9. The monoisotopic (exact) mass is 361 g/mol. The summed E-state index contributed by atoms with van der Waals surface area (Å²) < 4.78 is 1.76. The smallest absolute Gasteiger partial charge is 0.251 e. The first-order valence-electron chi connectivity index (χ1n) is 9.25. The predicted molar refractivity (Wildman–Crippen MR) is 103 cm³/mol. The average Bonchev–Trinajstić information content (AvgIpc) is 3.35. The molecule has 0 unspecified atom stereocenters. The first-order valence-corrected chi connectivity index (χ1v) is 9.25. The second kappa shape index (κ2) is 8.14. The van der Waals surface area contributed by atoms with Gasteiger partial charge >= 0.3 is 0 Å². The van der Waals surface area contributed by atoms with Crippen molar-refractivity contribution in [3.05, 3.63) is 83.9 Å². The normalized spacial score (nSPS) is 17.1. The SMILES string of the molecule is O=C(N[C@H]1CCN(Cc2ccccc2)C1)c1ccc(Cn2cncn2)cc1. The number of hydrogen-bond donors (Lipinski definition) is 1. The first-order chi connectivity index (χ1) is 13.3. The van der Waals surface area contributed by atoms with Crippen molar-refractivity contribution in [1.82, 2.24) is 25.0 Å². The highest BCUT2D eigenvalue weighted by atomic mass is 16.1. The highest BCUT2D eigenvalue weighted by molar-refractivity contribution is 5.94. The maximum absolute atomic E-state index is 12.5. The van der Waals surface area contributed by atoms with E-state index in [0.29, 0.717) is 12.1 Å². The van der Waals surface area contributed by atoms with Crippen molar-refractivity contribution < 1.29 is 4.79 Å². The lowest BCUT2D eigenvalue weighted by molar-refractivity contribution is 0.0937. The Bertz CT molecular complexity index is 861. The molecule has 2 aromatic carbocycles. The lowest BCUT2D eigenvalue weighted by Gasteiger charge is -2.17. The van der Waals surface area contributed by atoms with Gasteiger partial charge in [0, 0.05) is 31.2 Å². The summed E-state index contributed by atoms with van der Waals surface area (Å²) in [6.45, 7) is 3.49. The van der Waals surface area contributed by atoms with Crippen LogP contribution in [0.1, 0.15) is 27.9 Å². The third-order valence-electron chi connectivity index (χ3n) is 4.88. The van der Waals surface area contributed by atoms with E-state index in [1.807, 2.05) is 30.3 Å². The number of nitrogens with one attached hydrogen (secondary N) is 1. The van der Waals surface area contributed by atoms with E-state index in [4.69, 9.17) is 0 Å². The zero-order valence-corrected chi connectivity index (χ0v) is 15.2. The number of nitrogens with zero attached hydrogens (tertiary/aromatic N) is 4. The Labute approximate surface area is 158 Å². The summed E-state index contributed by atoms with van der Waals surface area (Å²) >= 11 is 0. The molecule has 1 aromatic heterocycles. The van der Waals surface area contributed by atoms with Gasteiger partial charge in [0.2, 0.25) is 0 Å². The van der Waals surface area contributed by atoms with Gasteiger partial charge in [-0.25, -0.2) is 9.67 Å². The third kappa shape index (κ3) is 4.60. The molecule has 1 aliphatic heterocycles. The molecule has 138 valence electrons. The number of rotatable bonds is 6. The van der Waals surface area contributed by atoms with Crippen molar-refractivity contribution in [2.24, 2.45) is 0 Å². The van der Waals surface area contributed by atoms with Gasteiger partial charge in [-0.05, 0) is 29.7 Å². The van der Waals surface area contributed by atoms with E-state index in [0.717, 1.165) is 31.6 Å². The van der Waals surface area contributed by atoms with E-state index < -0.39 is 0 Å². The molecule has 3 aromatic rings. The molecule has 0 bridgehead atoms. The van der Waals surface area contributed by atoms with Crippen LogP contribution in [0.15, 0.2) is 67.3 Å². The molecule has 1 atom stereocenters. The van der Waals surface area contributed by atoms with Crippen molar-refractivity contribution in [3.63, 3.8) is 0 Å². The van der Waals surface area contributed by atoms with Crippen LogP contribution in [0.3, 0.4) is 0 Å². The van der Waals surface area contributed by atoms with Gasteiger partial charge in [-0.2, -0.15) is 5.10 Å². The second-order valence-electron chi connectivity index (χ2n) is 6.97. The molecule has 6 heteroatoms. The number of likely N-dealkylation sites (tertiary alicyclic amines) is 1. The molecule has 4 rings (SSSR count). The standard InChI is InChI=1S/C21H23N5O/c27-21(19-8-6-18(7-9-19)13-26-16-22-15-23-26)24-20-10-11-25(14-20)12-17-4-2-1-3-5-17/h1-9,15-16,20H,10-14H2,(H,24,27)/t20-/m0/s1.